The normalized spacial score (nSPS) is 11.9. The van der Waals surface area contributed by atoms with E-state index in [1.165, 1.54) is 21.9 Å². The van der Waals surface area contributed by atoms with E-state index in [0.29, 0.717) is 5.92 Å². The molecule has 1 nitrogen and oxygen atoms in total. The van der Waals surface area contributed by atoms with Gasteiger partial charge in [-0.2, -0.15) is 0 Å². The first kappa shape index (κ1) is 16.1. The van der Waals surface area contributed by atoms with Crippen LogP contribution in [0, 0.1) is 18.3 Å². The molecule has 0 spiro atoms. The van der Waals surface area contributed by atoms with Gasteiger partial charge in [-0.1, -0.05) is 56.5 Å². The van der Waals surface area contributed by atoms with Gasteiger partial charge in [-0.3, -0.25) is 0 Å². The van der Waals surface area contributed by atoms with Crippen LogP contribution >= 0.6 is 0 Å². The number of benzene rings is 3. The highest BCUT2D eigenvalue weighted by atomic mass is 16.5. The molecule has 0 radical (unpaired) electrons. The first-order chi connectivity index (χ1) is 11.7. The third kappa shape index (κ3) is 3.60. The Morgan fingerprint density at radius 1 is 0.917 bits per heavy atom. The molecule has 0 saturated carbocycles. The minimum Gasteiger partial charge on any atom is -0.493 e. The molecule has 0 bridgehead atoms. The molecular formula is C23H22O. The van der Waals surface area contributed by atoms with Gasteiger partial charge in [-0.15, -0.1) is 6.42 Å². The highest BCUT2D eigenvalue weighted by Crippen LogP contribution is 2.27. The third-order valence-electron chi connectivity index (χ3n) is 4.43. The van der Waals surface area contributed by atoms with Crippen LogP contribution < -0.4 is 4.74 Å². The number of fused-ring (bicyclic) bond motifs is 1. The minimum atomic E-state index is 0.578. The zero-order valence-electron chi connectivity index (χ0n) is 14.3. The smallest absolute Gasteiger partial charge is 0.119 e. The second-order valence-electron chi connectivity index (χ2n) is 6.27. The number of rotatable bonds is 5. The first-order valence-corrected chi connectivity index (χ1v) is 8.43. The monoisotopic (exact) mass is 314 g/mol. The lowest BCUT2D eigenvalue weighted by atomic mass is 10.0. The van der Waals surface area contributed by atoms with Crippen LogP contribution in [0.1, 0.15) is 25.8 Å². The molecule has 0 fully saturated rings. The summed E-state index contributed by atoms with van der Waals surface area (Å²) in [6, 6.07) is 20.9. The van der Waals surface area contributed by atoms with Gasteiger partial charge in [0.1, 0.15) is 5.75 Å². The Bertz CT molecular complexity index is 869. The molecule has 1 atom stereocenters. The van der Waals surface area contributed by atoms with Crippen molar-refractivity contribution in [2.24, 2.45) is 5.92 Å². The molecule has 0 saturated heterocycles. The second-order valence-corrected chi connectivity index (χ2v) is 6.27. The summed E-state index contributed by atoms with van der Waals surface area (Å²) in [6.45, 7) is 5.16. The predicted octanol–water partition coefficient (Wildman–Crippen LogP) is 5.91. The van der Waals surface area contributed by atoms with Gasteiger partial charge in [-0.25, -0.2) is 0 Å². The van der Waals surface area contributed by atoms with E-state index in [2.05, 4.69) is 68.3 Å². The van der Waals surface area contributed by atoms with E-state index < -0.39 is 0 Å². The lowest BCUT2D eigenvalue weighted by molar-refractivity contribution is 0.257. The zero-order chi connectivity index (χ0) is 16.9. The minimum absolute atomic E-state index is 0.578. The maximum atomic E-state index is 5.89. The molecule has 0 aliphatic rings. The molecule has 0 aliphatic carbocycles. The van der Waals surface area contributed by atoms with Crippen LogP contribution in [0.25, 0.3) is 21.9 Å². The molecule has 0 heterocycles. The van der Waals surface area contributed by atoms with Crippen molar-refractivity contribution in [3.8, 4) is 29.2 Å². The summed E-state index contributed by atoms with van der Waals surface area (Å²) >= 11 is 0. The Hall–Kier alpha value is -2.72. The number of terminal acetylenes is 1. The molecule has 24 heavy (non-hydrogen) atoms. The van der Waals surface area contributed by atoms with Crippen molar-refractivity contribution in [2.45, 2.75) is 20.3 Å². The van der Waals surface area contributed by atoms with Crippen LogP contribution in [0.5, 0.6) is 5.75 Å². The van der Waals surface area contributed by atoms with E-state index in [9.17, 15) is 0 Å². The fraction of sp³-hybridized carbons (Fsp3) is 0.217. The van der Waals surface area contributed by atoms with Crippen LogP contribution in [0.15, 0.2) is 60.7 Å². The average Bonchev–Trinajstić information content (AvgIpc) is 2.65. The second kappa shape index (κ2) is 7.23. The molecule has 1 unspecified atom stereocenters. The van der Waals surface area contributed by atoms with Gasteiger partial charge in [0.05, 0.1) is 6.61 Å². The summed E-state index contributed by atoms with van der Waals surface area (Å²) in [6.07, 6.45) is 6.55. The Kier molecular flexibility index (Phi) is 4.87. The predicted molar refractivity (Wildman–Crippen MR) is 102 cm³/mol. The highest BCUT2D eigenvalue weighted by molar-refractivity contribution is 5.88. The molecule has 120 valence electrons. The van der Waals surface area contributed by atoms with Crippen LogP contribution in [-0.2, 0) is 0 Å². The van der Waals surface area contributed by atoms with E-state index in [1.807, 2.05) is 12.1 Å². The number of ether oxygens (including phenoxy) is 1. The standard InChI is InChI=1S/C23H22O/c1-4-17(3)16-24-23-13-12-21-14-20(10-11-22(21)15-23)19-8-6-18(5-2)7-9-19/h2,6-15,17H,4,16H2,1,3H3. The number of hydrogen-bond acceptors (Lipinski definition) is 1. The molecule has 1 heteroatoms. The molecular weight excluding hydrogens is 292 g/mol. The van der Waals surface area contributed by atoms with Crippen LogP contribution in [0.2, 0.25) is 0 Å². The van der Waals surface area contributed by atoms with E-state index >= 15 is 0 Å². The van der Waals surface area contributed by atoms with Crippen molar-refractivity contribution in [3.05, 3.63) is 66.2 Å². The largest absolute Gasteiger partial charge is 0.493 e. The molecule has 0 amide bonds. The van der Waals surface area contributed by atoms with Crippen molar-refractivity contribution in [1.82, 2.24) is 0 Å². The van der Waals surface area contributed by atoms with Gasteiger partial charge in [0.2, 0.25) is 0 Å². The summed E-state index contributed by atoms with van der Waals surface area (Å²) in [5, 5.41) is 2.41. The van der Waals surface area contributed by atoms with Crippen LogP contribution in [0.4, 0.5) is 0 Å². The quantitative estimate of drug-likeness (QED) is 0.532. The third-order valence-corrected chi connectivity index (χ3v) is 4.43. The molecule has 3 aromatic rings. The summed E-state index contributed by atoms with van der Waals surface area (Å²) in [5.74, 6) is 4.17. The van der Waals surface area contributed by atoms with E-state index in [0.717, 1.165) is 24.3 Å². The summed E-state index contributed by atoms with van der Waals surface area (Å²) in [4.78, 5) is 0. The van der Waals surface area contributed by atoms with Crippen molar-refractivity contribution < 1.29 is 4.74 Å². The maximum Gasteiger partial charge on any atom is 0.119 e. The fourth-order valence-electron chi connectivity index (χ4n) is 2.61. The Morgan fingerprint density at radius 2 is 1.58 bits per heavy atom. The summed E-state index contributed by atoms with van der Waals surface area (Å²) in [7, 11) is 0. The van der Waals surface area contributed by atoms with E-state index in [1.54, 1.807) is 0 Å². The Morgan fingerprint density at radius 3 is 2.29 bits per heavy atom. The zero-order valence-corrected chi connectivity index (χ0v) is 14.3. The van der Waals surface area contributed by atoms with Gasteiger partial charge in [-0.05, 0) is 58.1 Å². The molecule has 0 N–H and O–H groups in total. The van der Waals surface area contributed by atoms with Gasteiger partial charge >= 0.3 is 0 Å². The molecule has 0 aliphatic heterocycles. The highest BCUT2D eigenvalue weighted by Gasteiger charge is 2.04. The Balaban J connectivity index is 1.85. The van der Waals surface area contributed by atoms with Crippen molar-refractivity contribution in [1.29, 1.82) is 0 Å². The van der Waals surface area contributed by atoms with Crippen molar-refractivity contribution in [3.63, 3.8) is 0 Å². The van der Waals surface area contributed by atoms with Gasteiger partial charge in [0.25, 0.3) is 0 Å². The fourth-order valence-corrected chi connectivity index (χ4v) is 2.61. The number of hydrogen-bond donors (Lipinski definition) is 0. The van der Waals surface area contributed by atoms with Crippen LogP contribution in [0.3, 0.4) is 0 Å². The SMILES string of the molecule is C#Cc1ccc(-c2ccc3cc(OCC(C)CC)ccc3c2)cc1. The van der Waals surface area contributed by atoms with Gasteiger partial charge < -0.3 is 4.74 Å². The lowest BCUT2D eigenvalue weighted by Crippen LogP contribution is -2.06. The molecule has 3 aromatic carbocycles. The molecule has 3 rings (SSSR count). The maximum absolute atomic E-state index is 5.89. The Labute approximate surface area is 144 Å². The van der Waals surface area contributed by atoms with Crippen molar-refractivity contribution >= 4 is 10.8 Å². The van der Waals surface area contributed by atoms with Gasteiger partial charge in [0.15, 0.2) is 0 Å². The average molecular weight is 314 g/mol. The lowest BCUT2D eigenvalue weighted by Gasteiger charge is -2.12. The molecule has 0 aromatic heterocycles. The van der Waals surface area contributed by atoms with Crippen molar-refractivity contribution in [2.75, 3.05) is 6.61 Å². The summed E-state index contributed by atoms with van der Waals surface area (Å²) in [5.41, 5.74) is 3.27. The topological polar surface area (TPSA) is 9.23 Å². The van der Waals surface area contributed by atoms with E-state index in [4.69, 9.17) is 11.2 Å². The van der Waals surface area contributed by atoms with E-state index in [-0.39, 0.29) is 0 Å². The summed E-state index contributed by atoms with van der Waals surface area (Å²) < 4.78 is 5.89. The first-order valence-electron chi connectivity index (χ1n) is 8.43. The van der Waals surface area contributed by atoms with Crippen LogP contribution in [-0.4, -0.2) is 6.61 Å². The van der Waals surface area contributed by atoms with Gasteiger partial charge in [0, 0.05) is 5.56 Å².